The van der Waals surface area contributed by atoms with Crippen molar-refractivity contribution in [3.8, 4) is 0 Å². The van der Waals surface area contributed by atoms with Gasteiger partial charge in [0, 0.05) is 19.0 Å². The molecule has 1 fully saturated rings. The van der Waals surface area contributed by atoms with Crippen molar-refractivity contribution in [3.05, 3.63) is 0 Å². The second-order valence-corrected chi connectivity index (χ2v) is 4.42. The van der Waals surface area contributed by atoms with E-state index in [1.54, 1.807) is 14.0 Å². The highest BCUT2D eigenvalue weighted by Gasteiger charge is 2.26. The quantitative estimate of drug-likeness (QED) is 0.616. The van der Waals surface area contributed by atoms with Crippen LogP contribution in [-0.2, 0) is 9.59 Å². The predicted octanol–water partition coefficient (Wildman–Crippen LogP) is -0.375. The van der Waals surface area contributed by atoms with Crippen molar-refractivity contribution in [1.29, 1.82) is 0 Å². The fourth-order valence-corrected chi connectivity index (χ4v) is 1.98. The van der Waals surface area contributed by atoms with Crippen molar-refractivity contribution < 1.29 is 9.59 Å². The van der Waals surface area contributed by atoms with Crippen LogP contribution in [0.5, 0.6) is 0 Å². The highest BCUT2D eigenvalue weighted by molar-refractivity contribution is 5.88. The van der Waals surface area contributed by atoms with E-state index >= 15 is 0 Å². The van der Waals surface area contributed by atoms with Crippen molar-refractivity contribution in [2.75, 3.05) is 13.6 Å². The molecule has 3 unspecified atom stereocenters. The highest BCUT2D eigenvalue weighted by atomic mass is 16.2. The van der Waals surface area contributed by atoms with Crippen LogP contribution in [0.2, 0.25) is 0 Å². The molecule has 3 N–H and O–H groups in total. The standard InChI is InChI=1S/C11H21N3O2/c1-7-6-9(4-5-13-7)11(16)14-8(2)10(15)12-3/h7-9,13H,4-6H2,1-3H3,(H,12,15)(H,14,16). The van der Waals surface area contributed by atoms with Gasteiger partial charge in [-0.25, -0.2) is 0 Å². The Bertz CT molecular complexity index is 268. The summed E-state index contributed by atoms with van der Waals surface area (Å²) in [7, 11) is 1.57. The van der Waals surface area contributed by atoms with Crippen molar-refractivity contribution in [2.24, 2.45) is 5.92 Å². The topological polar surface area (TPSA) is 70.2 Å². The van der Waals surface area contributed by atoms with E-state index in [1.807, 2.05) is 0 Å². The number of carbonyl (C=O) groups excluding carboxylic acids is 2. The van der Waals surface area contributed by atoms with Crippen LogP contribution >= 0.6 is 0 Å². The molecule has 0 spiro atoms. The molecule has 3 atom stereocenters. The largest absolute Gasteiger partial charge is 0.357 e. The summed E-state index contributed by atoms with van der Waals surface area (Å²) in [5, 5.41) is 8.55. The maximum absolute atomic E-state index is 11.9. The number of hydrogen-bond donors (Lipinski definition) is 3. The Kier molecular flexibility index (Phi) is 4.73. The number of nitrogens with one attached hydrogen (secondary N) is 3. The third-order valence-corrected chi connectivity index (χ3v) is 2.99. The summed E-state index contributed by atoms with van der Waals surface area (Å²) in [6, 6.07) is -0.0810. The van der Waals surface area contributed by atoms with Gasteiger partial charge in [-0.3, -0.25) is 9.59 Å². The fraction of sp³-hybridized carbons (Fsp3) is 0.818. The zero-order chi connectivity index (χ0) is 12.1. The van der Waals surface area contributed by atoms with Crippen LogP contribution in [-0.4, -0.2) is 37.5 Å². The minimum Gasteiger partial charge on any atom is -0.357 e. The van der Waals surface area contributed by atoms with E-state index in [-0.39, 0.29) is 17.7 Å². The van der Waals surface area contributed by atoms with Gasteiger partial charge in [0.2, 0.25) is 11.8 Å². The minimum atomic E-state index is -0.456. The Hall–Kier alpha value is -1.10. The predicted molar refractivity (Wildman–Crippen MR) is 61.9 cm³/mol. The van der Waals surface area contributed by atoms with Gasteiger partial charge in [-0.15, -0.1) is 0 Å². The molecule has 92 valence electrons. The van der Waals surface area contributed by atoms with Gasteiger partial charge >= 0.3 is 0 Å². The number of likely N-dealkylation sites (N-methyl/N-ethyl adjacent to an activating group) is 1. The van der Waals surface area contributed by atoms with Crippen LogP contribution in [0.15, 0.2) is 0 Å². The molecule has 1 rings (SSSR count). The summed E-state index contributed by atoms with van der Waals surface area (Å²) >= 11 is 0. The molecule has 1 saturated heterocycles. The number of rotatable bonds is 3. The molecule has 0 aromatic carbocycles. The Morgan fingerprint density at radius 3 is 2.69 bits per heavy atom. The van der Waals surface area contributed by atoms with Crippen LogP contribution in [0.1, 0.15) is 26.7 Å². The molecule has 0 aromatic heterocycles. The maximum Gasteiger partial charge on any atom is 0.242 e. The summed E-state index contributed by atoms with van der Waals surface area (Å²) in [6.07, 6.45) is 1.68. The Labute approximate surface area is 96.4 Å². The van der Waals surface area contributed by atoms with Crippen LogP contribution < -0.4 is 16.0 Å². The lowest BCUT2D eigenvalue weighted by atomic mass is 9.92. The average Bonchev–Trinajstić information content (AvgIpc) is 2.27. The molecule has 0 aliphatic carbocycles. The van der Waals surface area contributed by atoms with E-state index in [0.717, 1.165) is 19.4 Å². The molecule has 2 amide bonds. The van der Waals surface area contributed by atoms with E-state index in [1.165, 1.54) is 0 Å². The normalized spacial score (nSPS) is 26.9. The number of amides is 2. The Morgan fingerprint density at radius 2 is 2.12 bits per heavy atom. The molecule has 1 aliphatic rings. The molecule has 1 heterocycles. The molecular formula is C11H21N3O2. The SMILES string of the molecule is CNC(=O)C(C)NC(=O)C1CCNC(C)C1. The number of hydrogen-bond acceptors (Lipinski definition) is 3. The average molecular weight is 227 g/mol. The van der Waals surface area contributed by atoms with Crippen LogP contribution in [0.3, 0.4) is 0 Å². The Balaban J connectivity index is 2.42. The summed E-state index contributed by atoms with van der Waals surface area (Å²) < 4.78 is 0. The first-order valence-electron chi connectivity index (χ1n) is 5.80. The molecule has 0 saturated carbocycles. The van der Waals surface area contributed by atoms with Gasteiger partial charge in [-0.1, -0.05) is 0 Å². The molecule has 16 heavy (non-hydrogen) atoms. The van der Waals surface area contributed by atoms with E-state index < -0.39 is 6.04 Å². The van der Waals surface area contributed by atoms with Gasteiger partial charge in [0.15, 0.2) is 0 Å². The van der Waals surface area contributed by atoms with E-state index in [4.69, 9.17) is 0 Å². The molecule has 0 bridgehead atoms. The zero-order valence-corrected chi connectivity index (χ0v) is 10.2. The summed E-state index contributed by atoms with van der Waals surface area (Å²) in [6.45, 7) is 4.64. The van der Waals surface area contributed by atoms with Crippen molar-refractivity contribution in [2.45, 2.75) is 38.8 Å². The van der Waals surface area contributed by atoms with Crippen LogP contribution in [0.25, 0.3) is 0 Å². The molecule has 0 aromatic rings. The first-order valence-corrected chi connectivity index (χ1v) is 5.80. The lowest BCUT2D eigenvalue weighted by molar-refractivity contribution is -0.131. The summed E-state index contributed by atoms with van der Waals surface area (Å²) in [5.41, 5.74) is 0. The second-order valence-electron chi connectivity index (χ2n) is 4.42. The second kappa shape index (κ2) is 5.84. The van der Waals surface area contributed by atoms with Gasteiger partial charge in [0.25, 0.3) is 0 Å². The third kappa shape index (κ3) is 3.48. The van der Waals surface area contributed by atoms with Crippen LogP contribution in [0, 0.1) is 5.92 Å². The van der Waals surface area contributed by atoms with Crippen molar-refractivity contribution in [1.82, 2.24) is 16.0 Å². The van der Waals surface area contributed by atoms with Gasteiger partial charge < -0.3 is 16.0 Å². The highest BCUT2D eigenvalue weighted by Crippen LogP contribution is 2.16. The first-order chi connectivity index (χ1) is 7.54. The van der Waals surface area contributed by atoms with Crippen molar-refractivity contribution in [3.63, 3.8) is 0 Å². The minimum absolute atomic E-state index is 0.00977. The maximum atomic E-state index is 11.9. The number of carbonyl (C=O) groups is 2. The van der Waals surface area contributed by atoms with E-state index in [9.17, 15) is 9.59 Å². The van der Waals surface area contributed by atoms with Crippen LogP contribution in [0.4, 0.5) is 0 Å². The van der Waals surface area contributed by atoms with Crippen molar-refractivity contribution >= 4 is 11.8 Å². The first kappa shape index (κ1) is 13.0. The number of piperidine rings is 1. The monoisotopic (exact) mass is 227 g/mol. The molecular weight excluding hydrogens is 206 g/mol. The lowest BCUT2D eigenvalue weighted by Gasteiger charge is -2.27. The molecule has 0 radical (unpaired) electrons. The van der Waals surface area contributed by atoms with Gasteiger partial charge in [-0.05, 0) is 33.2 Å². The molecule has 5 nitrogen and oxygen atoms in total. The third-order valence-electron chi connectivity index (χ3n) is 2.99. The zero-order valence-electron chi connectivity index (χ0n) is 10.2. The van der Waals surface area contributed by atoms with Gasteiger partial charge in [0.1, 0.15) is 6.04 Å². The van der Waals surface area contributed by atoms with E-state index in [2.05, 4.69) is 22.9 Å². The summed E-state index contributed by atoms with van der Waals surface area (Å²) in [4.78, 5) is 23.1. The van der Waals surface area contributed by atoms with E-state index in [0.29, 0.717) is 6.04 Å². The smallest absolute Gasteiger partial charge is 0.242 e. The molecule has 1 aliphatic heterocycles. The summed E-state index contributed by atoms with van der Waals surface area (Å²) in [5.74, 6) is -0.136. The van der Waals surface area contributed by atoms with Gasteiger partial charge in [-0.2, -0.15) is 0 Å². The fourth-order valence-electron chi connectivity index (χ4n) is 1.98. The lowest BCUT2D eigenvalue weighted by Crippen LogP contribution is -2.48. The Morgan fingerprint density at radius 1 is 1.44 bits per heavy atom. The molecule has 5 heteroatoms. The van der Waals surface area contributed by atoms with Gasteiger partial charge in [0.05, 0.1) is 0 Å².